The molecule has 0 saturated heterocycles. The molecule has 0 saturated carbocycles. The van der Waals surface area contributed by atoms with Gasteiger partial charge in [-0.1, -0.05) is 18.2 Å². The average Bonchev–Trinajstić information content (AvgIpc) is 2.28. The van der Waals surface area contributed by atoms with Crippen molar-refractivity contribution < 1.29 is 14.6 Å². The minimum Gasteiger partial charge on any atom is -0.469 e. The highest BCUT2D eigenvalue weighted by molar-refractivity contribution is 5.69. The summed E-state index contributed by atoms with van der Waals surface area (Å²) in [5.41, 5.74) is 2.07. The largest absolute Gasteiger partial charge is 0.469 e. The van der Waals surface area contributed by atoms with Crippen LogP contribution in [-0.2, 0) is 9.53 Å². The van der Waals surface area contributed by atoms with Crippen LogP contribution in [0.3, 0.4) is 0 Å². The second-order valence-electron chi connectivity index (χ2n) is 3.63. The molecule has 0 amide bonds. The molecule has 0 spiro atoms. The Morgan fingerprint density at radius 2 is 2.19 bits per heavy atom. The van der Waals surface area contributed by atoms with E-state index in [4.69, 9.17) is 0 Å². The van der Waals surface area contributed by atoms with E-state index in [2.05, 4.69) is 10.1 Å². The first-order valence-corrected chi connectivity index (χ1v) is 5.18. The molecule has 1 aromatic rings. The molecule has 1 rings (SSSR count). The van der Waals surface area contributed by atoms with Crippen molar-refractivity contribution in [2.45, 2.75) is 19.4 Å². The molecule has 4 heteroatoms. The van der Waals surface area contributed by atoms with Gasteiger partial charge in [-0.3, -0.25) is 4.79 Å². The summed E-state index contributed by atoms with van der Waals surface area (Å²) >= 11 is 0. The van der Waals surface area contributed by atoms with E-state index in [0.29, 0.717) is 6.54 Å². The van der Waals surface area contributed by atoms with Gasteiger partial charge in [-0.05, 0) is 18.6 Å². The molecule has 0 aliphatic carbocycles. The Morgan fingerprint density at radius 3 is 2.81 bits per heavy atom. The predicted molar refractivity (Wildman–Crippen MR) is 62.3 cm³/mol. The molecule has 0 bridgehead atoms. The number of hydrogen-bond donors (Lipinski definition) is 2. The Hall–Kier alpha value is -1.55. The lowest BCUT2D eigenvalue weighted by atomic mass is 10.2. The third-order valence-electron chi connectivity index (χ3n) is 2.30. The van der Waals surface area contributed by atoms with Gasteiger partial charge in [-0.25, -0.2) is 0 Å². The number of aliphatic hydroxyl groups excluding tert-OH is 1. The summed E-state index contributed by atoms with van der Waals surface area (Å²) in [6, 6.07) is 7.78. The van der Waals surface area contributed by atoms with E-state index in [1.807, 2.05) is 31.2 Å². The standard InChI is InChI=1S/C12H17NO3/c1-9-5-3-4-6-11(9)13-8-10(14)7-12(15)16-2/h3-6,10,13-14H,7-8H2,1-2H3. The maximum absolute atomic E-state index is 10.9. The summed E-state index contributed by atoms with van der Waals surface area (Å²) in [5.74, 6) is -0.404. The van der Waals surface area contributed by atoms with Crippen molar-refractivity contribution in [1.29, 1.82) is 0 Å². The lowest BCUT2D eigenvalue weighted by molar-refractivity contribution is -0.142. The number of esters is 1. The van der Waals surface area contributed by atoms with Gasteiger partial charge in [0.1, 0.15) is 0 Å². The zero-order valence-electron chi connectivity index (χ0n) is 9.56. The van der Waals surface area contributed by atoms with Crippen molar-refractivity contribution in [3.8, 4) is 0 Å². The molecule has 0 radical (unpaired) electrons. The van der Waals surface area contributed by atoms with Crippen LogP contribution in [0.5, 0.6) is 0 Å². The van der Waals surface area contributed by atoms with Gasteiger partial charge in [0.2, 0.25) is 0 Å². The topological polar surface area (TPSA) is 58.6 Å². The molecule has 1 atom stereocenters. The van der Waals surface area contributed by atoms with E-state index in [1.54, 1.807) is 0 Å². The zero-order chi connectivity index (χ0) is 12.0. The zero-order valence-corrected chi connectivity index (χ0v) is 9.56. The molecular formula is C12H17NO3. The average molecular weight is 223 g/mol. The lowest BCUT2D eigenvalue weighted by Gasteiger charge is -2.13. The van der Waals surface area contributed by atoms with Gasteiger partial charge in [-0.2, -0.15) is 0 Å². The summed E-state index contributed by atoms with van der Waals surface area (Å²) in [7, 11) is 1.31. The van der Waals surface area contributed by atoms with Gasteiger partial charge in [0, 0.05) is 12.2 Å². The van der Waals surface area contributed by atoms with Crippen molar-refractivity contribution in [1.82, 2.24) is 0 Å². The van der Waals surface area contributed by atoms with Crippen LogP contribution >= 0.6 is 0 Å². The number of hydrogen-bond acceptors (Lipinski definition) is 4. The molecule has 0 aliphatic rings. The number of carbonyl (C=O) groups is 1. The van der Waals surface area contributed by atoms with E-state index in [9.17, 15) is 9.90 Å². The first kappa shape index (κ1) is 12.5. The normalized spacial score (nSPS) is 11.9. The summed E-state index contributed by atoms with van der Waals surface area (Å²) < 4.78 is 4.47. The van der Waals surface area contributed by atoms with Gasteiger partial charge in [-0.15, -0.1) is 0 Å². The predicted octanol–water partition coefficient (Wildman–Crippen LogP) is 1.33. The van der Waals surface area contributed by atoms with E-state index in [-0.39, 0.29) is 6.42 Å². The minimum atomic E-state index is -0.730. The summed E-state index contributed by atoms with van der Waals surface area (Å²) in [6.07, 6.45) is -0.720. The fourth-order valence-corrected chi connectivity index (χ4v) is 1.35. The molecule has 1 unspecified atom stereocenters. The number of rotatable bonds is 5. The fourth-order valence-electron chi connectivity index (χ4n) is 1.35. The molecule has 4 nitrogen and oxygen atoms in total. The van der Waals surface area contributed by atoms with Crippen LogP contribution in [-0.4, -0.2) is 30.8 Å². The smallest absolute Gasteiger partial charge is 0.308 e. The Morgan fingerprint density at radius 1 is 1.50 bits per heavy atom. The van der Waals surface area contributed by atoms with Crippen molar-refractivity contribution >= 4 is 11.7 Å². The summed E-state index contributed by atoms with van der Waals surface area (Å²) in [6.45, 7) is 2.31. The van der Waals surface area contributed by atoms with Gasteiger partial charge < -0.3 is 15.2 Å². The second-order valence-corrected chi connectivity index (χ2v) is 3.63. The van der Waals surface area contributed by atoms with Crippen LogP contribution < -0.4 is 5.32 Å². The number of benzene rings is 1. The van der Waals surface area contributed by atoms with Crippen molar-refractivity contribution in [3.05, 3.63) is 29.8 Å². The number of aliphatic hydroxyl groups is 1. The fraction of sp³-hybridized carbons (Fsp3) is 0.417. The molecule has 1 aromatic carbocycles. The highest BCUT2D eigenvalue weighted by Crippen LogP contribution is 2.13. The van der Waals surface area contributed by atoms with Crippen molar-refractivity contribution in [2.75, 3.05) is 19.0 Å². The van der Waals surface area contributed by atoms with Crippen LogP contribution in [0.2, 0.25) is 0 Å². The van der Waals surface area contributed by atoms with Crippen LogP contribution in [0.4, 0.5) is 5.69 Å². The maximum Gasteiger partial charge on any atom is 0.308 e. The van der Waals surface area contributed by atoms with E-state index >= 15 is 0 Å². The molecule has 88 valence electrons. The highest BCUT2D eigenvalue weighted by atomic mass is 16.5. The van der Waals surface area contributed by atoms with Crippen LogP contribution in [0.25, 0.3) is 0 Å². The highest BCUT2D eigenvalue weighted by Gasteiger charge is 2.10. The van der Waals surface area contributed by atoms with E-state index < -0.39 is 12.1 Å². The monoisotopic (exact) mass is 223 g/mol. The summed E-state index contributed by atoms with van der Waals surface area (Å²) in [4.78, 5) is 10.9. The first-order valence-electron chi connectivity index (χ1n) is 5.18. The number of nitrogens with one attached hydrogen (secondary N) is 1. The summed E-state index contributed by atoms with van der Waals surface area (Å²) in [5, 5.41) is 12.6. The Kier molecular flexibility index (Phi) is 4.79. The Labute approximate surface area is 95.2 Å². The number of para-hydroxylation sites is 1. The second kappa shape index (κ2) is 6.12. The first-order chi connectivity index (χ1) is 7.63. The minimum absolute atomic E-state index is 0.00931. The van der Waals surface area contributed by atoms with Gasteiger partial charge in [0.05, 0.1) is 19.6 Å². The molecule has 16 heavy (non-hydrogen) atoms. The molecule has 0 heterocycles. The van der Waals surface area contributed by atoms with E-state index in [1.165, 1.54) is 7.11 Å². The number of ether oxygens (including phenoxy) is 1. The Balaban J connectivity index is 2.40. The number of methoxy groups -OCH3 is 1. The Bertz CT molecular complexity index is 352. The molecule has 0 fully saturated rings. The van der Waals surface area contributed by atoms with Crippen LogP contribution in [0.15, 0.2) is 24.3 Å². The van der Waals surface area contributed by atoms with Crippen molar-refractivity contribution in [3.63, 3.8) is 0 Å². The quantitative estimate of drug-likeness (QED) is 0.739. The van der Waals surface area contributed by atoms with Gasteiger partial charge in [0.25, 0.3) is 0 Å². The number of aryl methyl sites for hydroxylation is 1. The SMILES string of the molecule is COC(=O)CC(O)CNc1ccccc1C. The molecule has 0 aliphatic heterocycles. The molecule has 0 aromatic heterocycles. The number of carbonyl (C=O) groups excluding carboxylic acids is 1. The van der Waals surface area contributed by atoms with Gasteiger partial charge in [0.15, 0.2) is 0 Å². The van der Waals surface area contributed by atoms with Crippen LogP contribution in [0.1, 0.15) is 12.0 Å². The third-order valence-corrected chi connectivity index (χ3v) is 2.30. The van der Waals surface area contributed by atoms with E-state index in [0.717, 1.165) is 11.3 Å². The number of anilines is 1. The molecule has 2 N–H and O–H groups in total. The van der Waals surface area contributed by atoms with Crippen LogP contribution in [0, 0.1) is 6.92 Å². The lowest BCUT2D eigenvalue weighted by Crippen LogP contribution is -2.23. The molecular weight excluding hydrogens is 206 g/mol. The maximum atomic E-state index is 10.9. The third kappa shape index (κ3) is 3.90. The van der Waals surface area contributed by atoms with Crippen molar-refractivity contribution in [2.24, 2.45) is 0 Å². The van der Waals surface area contributed by atoms with Gasteiger partial charge >= 0.3 is 5.97 Å².